The van der Waals surface area contributed by atoms with E-state index >= 15 is 0 Å². The number of aryl methyl sites for hydroxylation is 1. The highest BCUT2D eigenvalue weighted by Crippen LogP contribution is 2.32. The van der Waals surface area contributed by atoms with Crippen LogP contribution in [0.3, 0.4) is 0 Å². The first kappa shape index (κ1) is 24.3. The summed E-state index contributed by atoms with van der Waals surface area (Å²) >= 11 is 5.92. The van der Waals surface area contributed by atoms with Crippen molar-refractivity contribution in [3.63, 3.8) is 0 Å². The quantitative estimate of drug-likeness (QED) is 0.359. The number of halogens is 1. The number of hydrazone groups is 1. The number of nitrogens with one attached hydrogen (secondary N) is 1. The van der Waals surface area contributed by atoms with E-state index in [-0.39, 0.29) is 10.6 Å². The van der Waals surface area contributed by atoms with E-state index in [2.05, 4.69) is 10.5 Å². The number of ether oxygens (including phenoxy) is 1. The third-order valence-corrected chi connectivity index (χ3v) is 6.59. The van der Waals surface area contributed by atoms with Gasteiger partial charge in [-0.25, -0.2) is 13.8 Å². The molecule has 3 aromatic rings. The highest BCUT2D eigenvalue weighted by atomic mass is 35.5. The van der Waals surface area contributed by atoms with E-state index in [0.29, 0.717) is 17.4 Å². The SMILES string of the molecule is CCOc1ccccc1N(CC(=O)N/N=C\c1cccc(C)c1)S(=O)(=O)c1ccc(Cl)cc1. The Hall–Kier alpha value is -3.36. The number of hydrogen-bond donors (Lipinski definition) is 1. The number of para-hydroxylation sites is 2. The van der Waals surface area contributed by atoms with E-state index in [9.17, 15) is 13.2 Å². The second kappa shape index (κ2) is 11.0. The molecule has 0 aliphatic carbocycles. The Labute approximate surface area is 198 Å². The predicted molar refractivity (Wildman–Crippen MR) is 131 cm³/mol. The van der Waals surface area contributed by atoms with Gasteiger partial charge in [-0.2, -0.15) is 5.10 Å². The zero-order chi connectivity index (χ0) is 23.8. The molecular weight excluding hydrogens is 462 g/mol. The molecule has 0 unspecified atom stereocenters. The molecule has 3 aromatic carbocycles. The maximum absolute atomic E-state index is 13.5. The van der Waals surface area contributed by atoms with Crippen LogP contribution in [0.15, 0.2) is 82.8 Å². The Morgan fingerprint density at radius 1 is 1.09 bits per heavy atom. The smallest absolute Gasteiger partial charge is 0.264 e. The van der Waals surface area contributed by atoms with Crippen molar-refractivity contribution < 1.29 is 17.9 Å². The normalized spacial score (nSPS) is 11.4. The van der Waals surface area contributed by atoms with Gasteiger partial charge in [-0.15, -0.1) is 0 Å². The topological polar surface area (TPSA) is 88.1 Å². The molecule has 0 aliphatic heterocycles. The van der Waals surface area contributed by atoms with Gasteiger partial charge in [0.05, 0.1) is 23.4 Å². The van der Waals surface area contributed by atoms with Gasteiger partial charge in [0.25, 0.3) is 15.9 Å². The van der Waals surface area contributed by atoms with Gasteiger partial charge in [0.1, 0.15) is 12.3 Å². The van der Waals surface area contributed by atoms with Crippen molar-refractivity contribution in [3.05, 3.63) is 88.9 Å². The summed E-state index contributed by atoms with van der Waals surface area (Å²) in [4.78, 5) is 12.7. The van der Waals surface area contributed by atoms with Crippen LogP contribution in [0.2, 0.25) is 5.02 Å². The summed E-state index contributed by atoms with van der Waals surface area (Å²) < 4.78 is 33.6. The summed E-state index contributed by atoms with van der Waals surface area (Å²) in [5.74, 6) is -0.267. The summed E-state index contributed by atoms with van der Waals surface area (Å²) in [6, 6.07) is 20.0. The fourth-order valence-electron chi connectivity index (χ4n) is 3.07. The number of hydrogen-bond acceptors (Lipinski definition) is 5. The first-order valence-corrected chi connectivity index (χ1v) is 12.0. The molecule has 33 heavy (non-hydrogen) atoms. The summed E-state index contributed by atoms with van der Waals surface area (Å²) in [6.07, 6.45) is 1.50. The van der Waals surface area contributed by atoms with Gasteiger partial charge in [-0.1, -0.05) is 53.6 Å². The number of amides is 1. The van der Waals surface area contributed by atoms with Crippen LogP contribution in [0.5, 0.6) is 5.75 Å². The van der Waals surface area contributed by atoms with Crippen molar-refractivity contribution in [2.45, 2.75) is 18.7 Å². The average Bonchev–Trinajstić information content (AvgIpc) is 2.78. The first-order chi connectivity index (χ1) is 15.8. The van der Waals surface area contributed by atoms with E-state index in [1.165, 1.54) is 30.5 Å². The van der Waals surface area contributed by atoms with Gasteiger partial charge in [-0.05, 0) is 55.8 Å². The largest absolute Gasteiger partial charge is 0.492 e. The second-order valence-corrected chi connectivity index (χ2v) is 9.37. The Morgan fingerprint density at radius 3 is 2.52 bits per heavy atom. The fraction of sp³-hybridized carbons (Fsp3) is 0.167. The molecule has 172 valence electrons. The number of anilines is 1. The number of nitrogens with zero attached hydrogens (tertiary/aromatic N) is 2. The molecule has 0 fully saturated rings. The molecule has 3 rings (SSSR count). The Kier molecular flexibility index (Phi) is 8.08. The highest BCUT2D eigenvalue weighted by molar-refractivity contribution is 7.92. The van der Waals surface area contributed by atoms with E-state index in [0.717, 1.165) is 15.4 Å². The molecule has 0 atom stereocenters. The Morgan fingerprint density at radius 2 is 1.82 bits per heavy atom. The summed E-state index contributed by atoms with van der Waals surface area (Å²) in [5.41, 5.74) is 4.50. The lowest BCUT2D eigenvalue weighted by atomic mass is 10.2. The summed E-state index contributed by atoms with van der Waals surface area (Å²) in [6.45, 7) is 3.58. The Balaban J connectivity index is 1.90. The van der Waals surface area contributed by atoms with Crippen molar-refractivity contribution in [2.75, 3.05) is 17.5 Å². The van der Waals surface area contributed by atoms with E-state index < -0.39 is 22.5 Å². The molecule has 0 spiro atoms. The maximum Gasteiger partial charge on any atom is 0.264 e. The molecule has 0 aliphatic rings. The maximum atomic E-state index is 13.5. The van der Waals surface area contributed by atoms with E-state index in [1.54, 1.807) is 31.2 Å². The third-order valence-electron chi connectivity index (χ3n) is 4.57. The van der Waals surface area contributed by atoms with E-state index in [4.69, 9.17) is 16.3 Å². The first-order valence-electron chi connectivity index (χ1n) is 10.2. The van der Waals surface area contributed by atoms with Crippen LogP contribution in [0, 0.1) is 6.92 Å². The van der Waals surface area contributed by atoms with Gasteiger partial charge in [0.2, 0.25) is 0 Å². The van der Waals surface area contributed by atoms with Crippen LogP contribution in [0.4, 0.5) is 5.69 Å². The third kappa shape index (κ3) is 6.34. The number of carbonyl (C=O) groups excluding carboxylic acids is 1. The molecule has 1 amide bonds. The van der Waals surface area contributed by atoms with Gasteiger partial charge in [-0.3, -0.25) is 9.10 Å². The molecule has 0 aromatic heterocycles. The molecule has 0 saturated heterocycles. The van der Waals surface area contributed by atoms with Gasteiger partial charge in [0.15, 0.2) is 0 Å². The number of sulfonamides is 1. The van der Waals surface area contributed by atoms with Crippen molar-refractivity contribution >= 4 is 39.4 Å². The molecule has 0 radical (unpaired) electrons. The monoisotopic (exact) mass is 485 g/mol. The van der Waals surface area contributed by atoms with Crippen LogP contribution < -0.4 is 14.5 Å². The minimum Gasteiger partial charge on any atom is -0.492 e. The van der Waals surface area contributed by atoms with Crippen LogP contribution in [-0.4, -0.2) is 33.7 Å². The number of carbonyl (C=O) groups is 1. The minimum atomic E-state index is -4.11. The van der Waals surface area contributed by atoms with Crippen molar-refractivity contribution in [1.29, 1.82) is 0 Å². The lowest BCUT2D eigenvalue weighted by Crippen LogP contribution is -2.39. The van der Waals surface area contributed by atoms with Gasteiger partial charge >= 0.3 is 0 Å². The molecule has 7 nitrogen and oxygen atoms in total. The van der Waals surface area contributed by atoms with E-state index in [1.807, 2.05) is 31.2 Å². The fourth-order valence-corrected chi connectivity index (χ4v) is 4.63. The predicted octanol–water partition coefficient (Wildman–Crippen LogP) is 4.39. The molecule has 0 saturated carbocycles. The average molecular weight is 486 g/mol. The van der Waals surface area contributed by atoms with Gasteiger partial charge < -0.3 is 4.74 Å². The molecule has 9 heteroatoms. The highest BCUT2D eigenvalue weighted by Gasteiger charge is 2.29. The van der Waals surface area contributed by atoms with Crippen molar-refractivity contribution in [1.82, 2.24) is 5.43 Å². The molecule has 0 bridgehead atoms. The second-order valence-electron chi connectivity index (χ2n) is 7.07. The van der Waals surface area contributed by atoms with Gasteiger partial charge in [0, 0.05) is 5.02 Å². The standard InChI is InChI=1S/C24H24ClN3O4S/c1-3-32-23-10-5-4-9-22(23)28(33(30,31)21-13-11-20(25)12-14-21)17-24(29)27-26-16-19-8-6-7-18(2)15-19/h4-16H,3,17H2,1-2H3,(H,27,29)/b26-16-. The molecular formula is C24H24ClN3O4S. The van der Waals surface area contributed by atoms with Crippen LogP contribution in [0.1, 0.15) is 18.1 Å². The van der Waals surface area contributed by atoms with Crippen LogP contribution in [0.25, 0.3) is 0 Å². The molecule has 0 heterocycles. The summed E-state index contributed by atoms with van der Waals surface area (Å²) in [5, 5.41) is 4.36. The van der Waals surface area contributed by atoms with Crippen LogP contribution in [-0.2, 0) is 14.8 Å². The Bertz CT molecular complexity index is 1240. The zero-order valence-electron chi connectivity index (χ0n) is 18.2. The van der Waals surface area contributed by atoms with Crippen molar-refractivity contribution in [3.8, 4) is 5.75 Å². The number of benzene rings is 3. The lowest BCUT2D eigenvalue weighted by molar-refractivity contribution is -0.119. The minimum absolute atomic E-state index is 0.00531. The van der Waals surface area contributed by atoms with Crippen molar-refractivity contribution in [2.24, 2.45) is 5.10 Å². The zero-order valence-corrected chi connectivity index (χ0v) is 19.8. The summed E-state index contributed by atoms with van der Waals surface area (Å²) in [7, 11) is -4.11. The van der Waals surface area contributed by atoms with Crippen LogP contribution >= 0.6 is 11.6 Å². The lowest BCUT2D eigenvalue weighted by Gasteiger charge is -2.25. The molecule has 1 N–H and O–H groups in total. The number of rotatable bonds is 9.